The van der Waals surface area contributed by atoms with Gasteiger partial charge in [0.1, 0.15) is 0 Å². The zero-order valence-electron chi connectivity index (χ0n) is 5.59. The Balaban J connectivity index is 2.48. The van der Waals surface area contributed by atoms with Gasteiger partial charge in [-0.2, -0.15) is 0 Å². The quantitative estimate of drug-likeness (QED) is 0.509. The van der Waals surface area contributed by atoms with Crippen LogP contribution in [0.2, 0.25) is 0 Å². The molecule has 0 unspecified atom stereocenters. The summed E-state index contributed by atoms with van der Waals surface area (Å²) in [7, 11) is 0. The first kappa shape index (κ1) is 7.91. The van der Waals surface area contributed by atoms with Crippen LogP contribution in [0.1, 0.15) is 12.8 Å². The summed E-state index contributed by atoms with van der Waals surface area (Å²) in [4.78, 5) is 0. The first-order valence-electron chi connectivity index (χ1n) is 3.28. The number of rotatable bonds is 1. The lowest BCUT2D eigenvalue weighted by molar-refractivity contribution is -0.176. The van der Waals surface area contributed by atoms with Crippen molar-refractivity contribution in [3.63, 3.8) is 0 Å². The lowest BCUT2D eigenvalue weighted by Gasteiger charge is -2.30. The van der Waals surface area contributed by atoms with Gasteiger partial charge in [-0.05, 0) is 0 Å². The Hall–Kier alpha value is -0.190. The van der Waals surface area contributed by atoms with Crippen LogP contribution in [0.4, 0.5) is 4.39 Å². The molecule has 0 aliphatic carbocycles. The smallest absolute Gasteiger partial charge is 0.186 e. The van der Waals surface area contributed by atoms with Crippen LogP contribution in [-0.4, -0.2) is 35.4 Å². The predicted molar refractivity (Wildman–Crippen MR) is 32.1 cm³/mol. The molecule has 0 atom stereocenters. The molecule has 10 heavy (non-hydrogen) atoms. The molecule has 0 aromatic heterocycles. The van der Waals surface area contributed by atoms with E-state index < -0.39 is 12.0 Å². The van der Waals surface area contributed by atoms with E-state index in [4.69, 9.17) is 14.9 Å². The number of hydrogen-bond acceptors (Lipinski definition) is 3. The summed E-state index contributed by atoms with van der Waals surface area (Å²) < 4.78 is 18.0. The molecule has 60 valence electrons. The van der Waals surface area contributed by atoms with E-state index in [1.54, 1.807) is 0 Å². The van der Waals surface area contributed by atoms with E-state index in [0.29, 0.717) is 0 Å². The number of hydrogen-bond donors (Lipinski definition) is 2. The van der Waals surface area contributed by atoms with Crippen LogP contribution in [0.3, 0.4) is 0 Å². The molecule has 0 bridgehead atoms. The maximum Gasteiger partial charge on any atom is 0.186 e. The molecule has 1 rings (SSSR count). The standard InChI is InChI=1S/C6H11FO3/c7-6(5(8)9)1-3-10-4-2-6/h5,8-9H,1-4H2. The average Bonchev–Trinajstić information content (AvgIpc) is 1.89. The van der Waals surface area contributed by atoms with Crippen molar-refractivity contribution in [2.24, 2.45) is 0 Å². The van der Waals surface area contributed by atoms with E-state index in [0.717, 1.165) is 0 Å². The fourth-order valence-corrected chi connectivity index (χ4v) is 0.969. The minimum Gasteiger partial charge on any atom is -0.381 e. The molecule has 0 spiro atoms. The third-order valence-electron chi connectivity index (χ3n) is 1.79. The fourth-order valence-electron chi connectivity index (χ4n) is 0.969. The summed E-state index contributed by atoms with van der Waals surface area (Å²) >= 11 is 0. The van der Waals surface area contributed by atoms with Gasteiger partial charge in [-0.1, -0.05) is 0 Å². The molecule has 0 amide bonds. The van der Waals surface area contributed by atoms with E-state index in [-0.39, 0.29) is 26.1 Å². The zero-order valence-corrected chi connectivity index (χ0v) is 5.59. The van der Waals surface area contributed by atoms with Gasteiger partial charge in [-0.25, -0.2) is 4.39 Å². The number of aliphatic hydroxyl groups excluding tert-OH is 1. The normalized spacial score (nSPS) is 25.2. The summed E-state index contributed by atoms with van der Waals surface area (Å²) in [6.45, 7) is 0.544. The van der Waals surface area contributed by atoms with Crippen molar-refractivity contribution in [1.82, 2.24) is 0 Å². The van der Waals surface area contributed by atoms with Gasteiger partial charge < -0.3 is 14.9 Å². The molecule has 0 aromatic rings. The lowest BCUT2D eigenvalue weighted by atomic mass is 9.96. The van der Waals surface area contributed by atoms with Crippen molar-refractivity contribution in [2.75, 3.05) is 13.2 Å². The highest BCUT2D eigenvalue weighted by molar-refractivity contribution is 4.83. The molecule has 3 nitrogen and oxygen atoms in total. The monoisotopic (exact) mass is 150 g/mol. The number of halogens is 1. The van der Waals surface area contributed by atoms with Crippen LogP contribution in [0.15, 0.2) is 0 Å². The van der Waals surface area contributed by atoms with Crippen molar-refractivity contribution in [1.29, 1.82) is 0 Å². The molecule has 0 aromatic carbocycles. The predicted octanol–water partition coefficient (Wildman–Crippen LogP) is -0.184. The van der Waals surface area contributed by atoms with E-state index in [2.05, 4.69) is 0 Å². The number of ether oxygens (including phenoxy) is 1. The summed E-state index contributed by atoms with van der Waals surface area (Å²) in [5.41, 5.74) is -1.84. The van der Waals surface area contributed by atoms with Gasteiger partial charge in [0.15, 0.2) is 12.0 Å². The minimum atomic E-state index is -1.86. The number of alkyl halides is 1. The molecule has 0 saturated carbocycles. The summed E-state index contributed by atoms with van der Waals surface area (Å²) in [5, 5.41) is 17.1. The molecular weight excluding hydrogens is 139 g/mol. The molecule has 1 aliphatic rings. The van der Waals surface area contributed by atoms with Gasteiger partial charge in [0, 0.05) is 26.1 Å². The number of aliphatic hydroxyl groups is 2. The Morgan fingerprint density at radius 3 is 2.10 bits per heavy atom. The SMILES string of the molecule is OC(O)C1(F)CCOCC1. The van der Waals surface area contributed by atoms with Crippen LogP contribution in [0.25, 0.3) is 0 Å². The third-order valence-corrected chi connectivity index (χ3v) is 1.79. The van der Waals surface area contributed by atoms with Crippen molar-refractivity contribution < 1.29 is 19.3 Å². The molecule has 1 saturated heterocycles. The molecule has 2 N–H and O–H groups in total. The van der Waals surface area contributed by atoms with E-state index in [1.165, 1.54) is 0 Å². The van der Waals surface area contributed by atoms with Gasteiger partial charge in [0.25, 0.3) is 0 Å². The molecule has 1 heterocycles. The zero-order chi connectivity index (χ0) is 7.61. The van der Waals surface area contributed by atoms with E-state index in [1.807, 2.05) is 0 Å². The summed E-state index contributed by atoms with van der Waals surface area (Å²) in [5.74, 6) is 0. The molecule has 4 heteroatoms. The van der Waals surface area contributed by atoms with Crippen molar-refractivity contribution in [3.05, 3.63) is 0 Å². The first-order chi connectivity index (χ1) is 4.65. The van der Waals surface area contributed by atoms with E-state index in [9.17, 15) is 4.39 Å². The first-order valence-corrected chi connectivity index (χ1v) is 3.28. The maximum absolute atomic E-state index is 13.1. The van der Waals surface area contributed by atoms with Crippen LogP contribution in [-0.2, 0) is 4.74 Å². The third kappa shape index (κ3) is 1.45. The van der Waals surface area contributed by atoms with Crippen LogP contribution in [0.5, 0.6) is 0 Å². The molecule has 1 fully saturated rings. The van der Waals surface area contributed by atoms with Crippen molar-refractivity contribution >= 4 is 0 Å². The highest BCUT2D eigenvalue weighted by Crippen LogP contribution is 2.27. The lowest BCUT2D eigenvalue weighted by Crippen LogP contribution is -2.42. The Morgan fingerprint density at radius 1 is 1.30 bits per heavy atom. The molecule has 0 radical (unpaired) electrons. The Morgan fingerprint density at radius 2 is 1.80 bits per heavy atom. The van der Waals surface area contributed by atoms with Gasteiger partial charge in [-0.15, -0.1) is 0 Å². The summed E-state index contributed by atoms with van der Waals surface area (Å²) in [6, 6.07) is 0. The largest absolute Gasteiger partial charge is 0.381 e. The molecular formula is C6H11FO3. The molecule has 1 aliphatic heterocycles. The van der Waals surface area contributed by atoms with Crippen LogP contribution < -0.4 is 0 Å². The highest BCUT2D eigenvalue weighted by atomic mass is 19.1. The second-order valence-corrected chi connectivity index (χ2v) is 2.52. The second kappa shape index (κ2) is 2.82. The van der Waals surface area contributed by atoms with Gasteiger partial charge >= 0.3 is 0 Å². The Kier molecular flexibility index (Phi) is 2.23. The maximum atomic E-state index is 13.1. The summed E-state index contributed by atoms with van der Waals surface area (Å²) in [6.07, 6.45) is -1.72. The van der Waals surface area contributed by atoms with Crippen LogP contribution >= 0.6 is 0 Å². The van der Waals surface area contributed by atoms with Gasteiger partial charge in [0.05, 0.1) is 0 Å². The average molecular weight is 150 g/mol. The second-order valence-electron chi connectivity index (χ2n) is 2.52. The topological polar surface area (TPSA) is 49.7 Å². The van der Waals surface area contributed by atoms with Gasteiger partial charge in [0.2, 0.25) is 0 Å². The fraction of sp³-hybridized carbons (Fsp3) is 1.00. The minimum absolute atomic E-state index is 0.0741. The highest BCUT2D eigenvalue weighted by Gasteiger charge is 2.38. The van der Waals surface area contributed by atoms with Gasteiger partial charge in [-0.3, -0.25) is 0 Å². The van der Waals surface area contributed by atoms with E-state index >= 15 is 0 Å². The van der Waals surface area contributed by atoms with Crippen molar-refractivity contribution in [3.8, 4) is 0 Å². The Bertz CT molecular complexity index is 110. The Labute approximate surface area is 58.4 Å². The van der Waals surface area contributed by atoms with Crippen molar-refractivity contribution in [2.45, 2.75) is 24.8 Å². The van der Waals surface area contributed by atoms with Crippen LogP contribution in [0, 0.1) is 0 Å².